The monoisotopic (exact) mass is 465 g/mol. The molecule has 4 rings (SSSR count). The summed E-state index contributed by atoms with van der Waals surface area (Å²) in [7, 11) is 0. The van der Waals surface area contributed by atoms with Crippen LogP contribution in [0.1, 0.15) is 36.9 Å². The first-order valence-corrected chi connectivity index (χ1v) is 11.3. The number of fused-ring (bicyclic) bond motifs is 1. The minimum atomic E-state index is -4.52. The molecule has 0 saturated heterocycles. The second kappa shape index (κ2) is 10.2. The van der Waals surface area contributed by atoms with E-state index < -0.39 is 11.9 Å². The van der Waals surface area contributed by atoms with Gasteiger partial charge in [0.1, 0.15) is 5.69 Å². The Hall–Kier alpha value is -3.48. The van der Waals surface area contributed by atoms with Crippen molar-refractivity contribution in [1.29, 1.82) is 0 Å². The van der Waals surface area contributed by atoms with Gasteiger partial charge in [-0.05, 0) is 42.9 Å². The third-order valence-corrected chi connectivity index (χ3v) is 6.05. The van der Waals surface area contributed by atoms with E-state index in [4.69, 9.17) is 0 Å². The van der Waals surface area contributed by atoms with Crippen LogP contribution in [0, 0.1) is 5.92 Å². The summed E-state index contributed by atoms with van der Waals surface area (Å²) in [5, 5.41) is 3.96. The average Bonchev–Trinajstić information content (AvgIpc) is 2.83. The number of rotatable bonds is 6. The smallest absolute Gasteiger partial charge is 0.382 e. The fraction of sp³-hybridized carbons (Fsp3) is 0.296. The second-order valence-electron chi connectivity index (χ2n) is 8.69. The fourth-order valence-electron chi connectivity index (χ4n) is 4.34. The molecule has 1 heterocycles. The van der Waals surface area contributed by atoms with Crippen LogP contribution in [-0.4, -0.2) is 23.1 Å². The van der Waals surface area contributed by atoms with Crippen LogP contribution in [0.25, 0.3) is 10.9 Å². The summed E-state index contributed by atoms with van der Waals surface area (Å²) < 4.78 is 40.1. The van der Waals surface area contributed by atoms with Gasteiger partial charge in [-0.2, -0.15) is 13.2 Å². The molecule has 3 aromatic rings. The zero-order valence-electron chi connectivity index (χ0n) is 18.7. The van der Waals surface area contributed by atoms with Gasteiger partial charge in [0, 0.05) is 35.3 Å². The first-order valence-electron chi connectivity index (χ1n) is 11.3. The number of anilines is 1. The van der Waals surface area contributed by atoms with Gasteiger partial charge in [-0.3, -0.25) is 4.79 Å². The molecular formula is C27H26F3N3O. The van der Waals surface area contributed by atoms with Crippen molar-refractivity contribution in [3.05, 3.63) is 84.1 Å². The predicted molar refractivity (Wildman–Crippen MR) is 129 cm³/mol. The van der Waals surface area contributed by atoms with E-state index in [0.717, 1.165) is 30.9 Å². The summed E-state index contributed by atoms with van der Waals surface area (Å²) in [6, 6.07) is 17.5. The van der Waals surface area contributed by atoms with E-state index in [0.29, 0.717) is 35.0 Å². The fourth-order valence-corrected chi connectivity index (χ4v) is 4.34. The molecule has 1 aliphatic carbocycles. The van der Waals surface area contributed by atoms with Crippen molar-refractivity contribution in [2.24, 2.45) is 10.9 Å². The van der Waals surface area contributed by atoms with E-state index in [1.54, 1.807) is 30.5 Å². The lowest BCUT2D eigenvalue weighted by molar-refractivity contribution is -0.140. The van der Waals surface area contributed by atoms with Crippen molar-refractivity contribution >= 4 is 28.7 Å². The van der Waals surface area contributed by atoms with Crippen LogP contribution in [0.15, 0.2) is 77.8 Å². The van der Waals surface area contributed by atoms with E-state index >= 15 is 0 Å². The maximum Gasteiger partial charge on any atom is 0.433 e. The number of hydrogen-bond acceptors (Lipinski definition) is 3. The van der Waals surface area contributed by atoms with E-state index in [2.05, 4.69) is 21.9 Å². The molecule has 0 spiro atoms. The summed E-state index contributed by atoms with van der Waals surface area (Å²) in [4.78, 5) is 20.3. The highest BCUT2D eigenvalue weighted by atomic mass is 19.4. The largest absolute Gasteiger partial charge is 0.433 e. The van der Waals surface area contributed by atoms with Crippen LogP contribution >= 0.6 is 0 Å². The highest BCUT2D eigenvalue weighted by Gasteiger charge is 2.33. The number of nitrogens with zero attached hydrogens (tertiary/aromatic N) is 2. The summed E-state index contributed by atoms with van der Waals surface area (Å²) in [6.45, 7) is 3.87. The van der Waals surface area contributed by atoms with Gasteiger partial charge < -0.3 is 5.32 Å². The molecule has 4 nitrogen and oxygen atoms in total. The molecule has 1 N–H and O–H groups in total. The Bertz CT molecular complexity index is 1200. The maximum atomic E-state index is 13.4. The van der Waals surface area contributed by atoms with Gasteiger partial charge in [-0.15, -0.1) is 0 Å². The number of carbonyl (C=O) groups excluding carboxylic acids is 1. The molecular weight excluding hydrogens is 439 g/mol. The summed E-state index contributed by atoms with van der Waals surface area (Å²) in [6.07, 6.45) is 0.885. The molecule has 34 heavy (non-hydrogen) atoms. The molecule has 2 atom stereocenters. The number of aliphatic imine (C=N–C) groups is 1. The third-order valence-electron chi connectivity index (χ3n) is 6.05. The Morgan fingerprint density at radius 2 is 1.85 bits per heavy atom. The topological polar surface area (TPSA) is 54.4 Å². The quantitative estimate of drug-likeness (QED) is 0.329. The van der Waals surface area contributed by atoms with Crippen LogP contribution < -0.4 is 5.32 Å². The van der Waals surface area contributed by atoms with Gasteiger partial charge in [0.25, 0.3) is 5.91 Å². The Kier molecular flexibility index (Phi) is 7.10. The van der Waals surface area contributed by atoms with Crippen molar-refractivity contribution in [3.63, 3.8) is 0 Å². The minimum absolute atomic E-state index is 0.0280. The molecule has 176 valence electrons. The highest BCUT2D eigenvalue weighted by molar-refractivity contribution is 5.98. The lowest BCUT2D eigenvalue weighted by atomic mass is 9.86. The van der Waals surface area contributed by atoms with Gasteiger partial charge in [0.15, 0.2) is 0 Å². The Morgan fingerprint density at radius 3 is 2.62 bits per heavy atom. The molecule has 1 amide bonds. The number of amides is 1. The number of pyridine rings is 1. The van der Waals surface area contributed by atoms with Crippen LogP contribution in [-0.2, 0) is 17.4 Å². The summed E-state index contributed by atoms with van der Waals surface area (Å²) >= 11 is 0. The van der Waals surface area contributed by atoms with Crippen LogP contribution in [0.3, 0.4) is 0 Å². The van der Waals surface area contributed by atoms with Crippen molar-refractivity contribution in [2.75, 3.05) is 5.32 Å². The highest BCUT2D eigenvalue weighted by Crippen LogP contribution is 2.34. The summed E-state index contributed by atoms with van der Waals surface area (Å²) in [5.74, 6) is -0.274. The Labute approximate surface area is 196 Å². The number of aromatic nitrogens is 1. The SMILES string of the molecule is C=C(Cc1ccccc1)C(=O)N=CC1CCCC(Nc2cc(C(F)(F)F)nc3ccccc23)C1. The van der Waals surface area contributed by atoms with Crippen molar-refractivity contribution in [1.82, 2.24) is 4.98 Å². The van der Waals surface area contributed by atoms with Gasteiger partial charge in [0.2, 0.25) is 0 Å². The van der Waals surface area contributed by atoms with E-state index in [1.807, 2.05) is 30.3 Å². The number of benzene rings is 2. The van der Waals surface area contributed by atoms with Gasteiger partial charge in [-0.25, -0.2) is 9.98 Å². The number of carbonyl (C=O) groups is 1. The van der Waals surface area contributed by atoms with Crippen LogP contribution in [0.5, 0.6) is 0 Å². The van der Waals surface area contributed by atoms with E-state index in [1.165, 1.54) is 0 Å². The standard InChI is InChI=1S/C27H26F3N3O/c1-18(14-19-8-3-2-4-9-19)26(34)31-17-20-10-7-11-21(15-20)32-24-16-25(27(28,29)30)33-23-13-6-5-12-22(23)24/h2-6,8-9,12-13,16-17,20-21H,1,7,10-11,14-15H2,(H,32,33). The first-order chi connectivity index (χ1) is 16.3. The predicted octanol–water partition coefficient (Wildman–Crippen LogP) is 6.62. The third kappa shape index (κ3) is 5.90. The van der Waals surface area contributed by atoms with Crippen molar-refractivity contribution in [2.45, 2.75) is 44.3 Å². The number of alkyl halides is 3. The first kappa shape index (κ1) is 23.7. The second-order valence-corrected chi connectivity index (χ2v) is 8.69. The van der Waals surface area contributed by atoms with E-state index in [9.17, 15) is 18.0 Å². The zero-order chi connectivity index (χ0) is 24.1. The normalized spacial score (nSPS) is 18.8. The molecule has 1 saturated carbocycles. The lowest BCUT2D eigenvalue weighted by Crippen LogP contribution is -2.28. The van der Waals surface area contributed by atoms with Crippen molar-refractivity contribution < 1.29 is 18.0 Å². The molecule has 0 aliphatic heterocycles. The minimum Gasteiger partial charge on any atom is -0.382 e. The zero-order valence-corrected chi connectivity index (χ0v) is 18.7. The maximum absolute atomic E-state index is 13.4. The molecule has 0 radical (unpaired) electrons. The average molecular weight is 466 g/mol. The van der Waals surface area contributed by atoms with Crippen LogP contribution in [0.4, 0.5) is 18.9 Å². The molecule has 1 aliphatic rings. The number of hydrogen-bond donors (Lipinski definition) is 1. The number of para-hydroxylation sites is 1. The van der Waals surface area contributed by atoms with Crippen molar-refractivity contribution in [3.8, 4) is 0 Å². The van der Waals surface area contributed by atoms with Crippen LogP contribution in [0.2, 0.25) is 0 Å². The molecule has 0 bridgehead atoms. The summed E-state index contributed by atoms with van der Waals surface area (Å²) in [5.41, 5.74) is 1.24. The van der Waals surface area contributed by atoms with E-state index in [-0.39, 0.29) is 17.9 Å². The molecule has 2 aromatic carbocycles. The lowest BCUT2D eigenvalue weighted by Gasteiger charge is -2.29. The molecule has 1 aromatic heterocycles. The van der Waals surface area contributed by atoms with Gasteiger partial charge >= 0.3 is 6.18 Å². The number of nitrogens with one attached hydrogen (secondary N) is 1. The Morgan fingerprint density at radius 1 is 1.12 bits per heavy atom. The number of halogens is 3. The van der Waals surface area contributed by atoms with Gasteiger partial charge in [0.05, 0.1) is 5.52 Å². The molecule has 7 heteroatoms. The molecule has 2 unspecified atom stereocenters. The molecule has 1 fully saturated rings. The Balaban J connectivity index is 1.43. The van der Waals surface area contributed by atoms with Gasteiger partial charge in [-0.1, -0.05) is 61.5 Å².